The number of fused-ring (bicyclic) bond motifs is 1. The summed E-state index contributed by atoms with van der Waals surface area (Å²) in [6.07, 6.45) is 8.76. The molecule has 0 spiro atoms. The van der Waals surface area contributed by atoms with Crippen molar-refractivity contribution in [1.82, 2.24) is 19.2 Å². The first-order valence-electron chi connectivity index (χ1n) is 9.82. The third-order valence-electron chi connectivity index (χ3n) is 5.53. The summed E-state index contributed by atoms with van der Waals surface area (Å²) in [7, 11) is 0. The molecule has 0 aliphatic carbocycles. The van der Waals surface area contributed by atoms with Gasteiger partial charge in [0.25, 0.3) is 0 Å². The third-order valence-corrected chi connectivity index (χ3v) is 5.53. The number of nitrogens with zero attached hydrogens (tertiary/aromatic N) is 4. The minimum Gasteiger partial charge on any atom is -0.379 e. The van der Waals surface area contributed by atoms with Gasteiger partial charge in [-0.3, -0.25) is 9.69 Å². The molecule has 2 saturated heterocycles. The van der Waals surface area contributed by atoms with Crippen LogP contribution in [0, 0.1) is 0 Å². The Bertz CT molecular complexity index is 705. The van der Waals surface area contributed by atoms with Gasteiger partial charge in [-0.2, -0.15) is 0 Å². The predicted octanol–water partition coefficient (Wildman–Crippen LogP) is 1.98. The van der Waals surface area contributed by atoms with Crippen molar-refractivity contribution in [2.24, 2.45) is 0 Å². The number of amides is 1. The molecule has 0 saturated carbocycles. The Hall–Kier alpha value is -1.92. The Morgan fingerprint density at radius 1 is 1.19 bits per heavy atom. The molecule has 26 heavy (non-hydrogen) atoms. The number of aryl methyl sites for hydroxylation is 1. The van der Waals surface area contributed by atoms with Crippen LogP contribution in [0.5, 0.6) is 0 Å². The van der Waals surface area contributed by atoms with Crippen LogP contribution in [0.15, 0.2) is 30.6 Å². The molecule has 2 aliphatic heterocycles. The fourth-order valence-corrected chi connectivity index (χ4v) is 4.09. The molecule has 2 aromatic heterocycles. The number of hydrogen-bond acceptors (Lipinski definition) is 4. The van der Waals surface area contributed by atoms with E-state index in [1.54, 1.807) is 0 Å². The summed E-state index contributed by atoms with van der Waals surface area (Å²) in [6, 6.07) is 6.33. The topological polar surface area (TPSA) is 50.1 Å². The number of imidazole rings is 1. The van der Waals surface area contributed by atoms with Gasteiger partial charge in [0.1, 0.15) is 5.65 Å². The van der Waals surface area contributed by atoms with Crippen molar-refractivity contribution >= 4 is 11.6 Å². The van der Waals surface area contributed by atoms with Gasteiger partial charge in [0.05, 0.1) is 18.9 Å². The van der Waals surface area contributed by atoms with E-state index in [-0.39, 0.29) is 5.91 Å². The molecule has 4 rings (SSSR count). The van der Waals surface area contributed by atoms with Crippen molar-refractivity contribution in [3.05, 3.63) is 36.3 Å². The zero-order valence-electron chi connectivity index (χ0n) is 15.3. The monoisotopic (exact) mass is 356 g/mol. The van der Waals surface area contributed by atoms with E-state index in [0.717, 1.165) is 63.6 Å². The van der Waals surface area contributed by atoms with Crippen LogP contribution in [-0.2, 0) is 16.0 Å². The van der Waals surface area contributed by atoms with E-state index < -0.39 is 0 Å². The van der Waals surface area contributed by atoms with Crippen molar-refractivity contribution in [3.8, 4) is 0 Å². The summed E-state index contributed by atoms with van der Waals surface area (Å²) in [5.74, 6) is 0.278. The molecule has 2 fully saturated rings. The van der Waals surface area contributed by atoms with Gasteiger partial charge in [-0.15, -0.1) is 0 Å². The number of morpholine rings is 1. The molecule has 1 atom stereocenters. The standard InChI is InChI=1S/C20H28N4O2/c25-20(8-7-17-15-23-9-3-2-6-19(23)21-17)24-10-4-1-5-18(24)16-22-11-13-26-14-12-22/h2-3,6,9,15,18H,1,4-5,7-8,10-14,16H2. The van der Waals surface area contributed by atoms with Crippen molar-refractivity contribution in [3.63, 3.8) is 0 Å². The quantitative estimate of drug-likeness (QED) is 0.822. The second-order valence-corrected chi connectivity index (χ2v) is 7.35. The fourth-order valence-electron chi connectivity index (χ4n) is 4.09. The highest BCUT2D eigenvalue weighted by Crippen LogP contribution is 2.20. The highest BCUT2D eigenvalue weighted by atomic mass is 16.5. The minimum absolute atomic E-state index is 0.278. The molecule has 1 unspecified atom stereocenters. The second kappa shape index (κ2) is 8.18. The Balaban J connectivity index is 1.35. The average molecular weight is 356 g/mol. The number of piperidine rings is 1. The lowest BCUT2D eigenvalue weighted by Gasteiger charge is -2.39. The van der Waals surface area contributed by atoms with E-state index in [1.807, 2.05) is 35.0 Å². The molecule has 0 radical (unpaired) electrons. The number of likely N-dealkylation sites (tertiary alicyclic amines) is 1. The second-order valence-electron chi connectivity index (χ2n) is 7.35. The molecule has 2 aromatic rings. The van der Waals surface area contributed by atoms with Gasteiger partial charge >= 0.3 is 0 Å². The van der Waals surface area contributed by atoms with Crippen LogP contribution in [0.25, 0.3) is 5.65 Å². The van der Waals surface area contributed by atoms with Crippen LogP contribution < -0.4 is 0 Å². The lowest BCUT2D eigenvalue weighted by molar-refractivity contribution is -0.135. The van der Waals surface area contributed by atoms with Gasteiger partial charge in [-0.1, -0.05) is 6.07 Å². The largest absolute Gasteiger partial charge is 0.379 e. The highest BCUT2D eigenvalue weighted by Gasteiger charge is 2.28. The normalized spacial score (nSPS) is 22.0. The van der Waals surface area contributed by atoms with Crippen LogP contribution >= 0.6 is 0 Å². The number of carbonyl (C=O) groups excluding carboxylic acids is 1. The van der Waals surface area contributed by atoms with E-state index in [4.69, 9.17) is 4.74 Å². The Morgan fingerprint density at radius 2 is 2.08 bits per heavy atom. The number of rotatable bonds is 5. The van der Waals surface area contributed by atoms with Gasteiger partial charge in [0.15, 0.2) is 0 Å². The molecular formula is C20H28N4O2. The van der Waals surface area contributed by atoms with Crippen molar-refractivity contribution in [2.45, 2.75) is 38.1 Å². The van der Waals surface area contributed by atoms with Crippen LogP contribution in [0.3, 0.4) is 0 Å². The van der Waals surface area contributed by atoms with E-state index >= 15 is 0 Å². The lowest BCUT2D eigenvalue weighted by atomic mass is 10.0. The summed E-state index contributed by atoms with van der Waals surface area (Å²) in [5.41, 5.74) is 1.93. The van der Waals surface area contributed by atoms with Crippen LogP contribution in [0.4, 0.5) is 0 Å². The first-order chi connectivity index (χ1) is 12.8. The maximum absolute atomic E-state index is 12.9. The number of carbonyl (C=O) groups is 1. The van der Waals surface area contributed by atoms with Gasteiger partial charge in [0.2, 0.25) is 5.91 Å². The SMILES string of the molecule is O=C(CCc1cn2ccccc2n1)N1CCCCC1CN1CCOCC1. The van der Waals surface area contributed by atoms with E-state index in [0.29, 0.717) is 18.9 Å². The van der Waals surface area contributed by atoms with Crippen LogP contribution in [0.2, 0.25) is 0 Å². The minimum atomic E-state index is 0.278. The Labute approximate surface area is 154 Å². The van der Waals surface area contributed by atoms with Gasteiger partial charge in [0, 0.05) is 51.0 Å². The summed E-state index contributed by atoms with van der Waals surface area (Å²) < 4.78 is 7.46. The number of ether oxygens (including phenoxy) is 1. The number of hydrogen-bond donors (Lipinski definition) is 0. The van der Waals surface area contributed by atoms with E-state index in [1.165, 1.54) is 6.42 Å². The highest BCUT2D eigenvalue weighted by molar-refractivity contribution is 5.77. The number of pyridine rings is 1. The van der Waals surface area contributed by atoms with Gasteiger partial charge in [-0.25, -0.2) is 4.98 Å². The molecular weight excluding hydrogens is 328 g/mol. The summed E-state index contributed by atoms with van der Waals surface area (Å²) >= 11 is 0. The molecule has 0 aromatic carbocycles. The summed E-state index contributed by atoms with van der Waals surface area (Å²) in [6.45, 7) is 5.49. The van der Waals surface area contributed by atoms with Crippen LogP contribution in [0.1, 0.15) is 31.4 Å². The molecule has 1 amide bonds. The molecule has 2 aliphatic rings. The van der Waals surface area contributed by atoms with Crippen LogP contribution in [-0.4, -0.2) is 70.5 Å². The summed E-state index contributed by atoms with van der Waals surface area (Å²) in [4.78, 5) is 22.1. The first kappa shape index (κ1) is 17.5. The van der Waals surface area contributed by atoms with E-state index in [9.17, 15) is 4.79 Å². The number of aromatic nitrogens is 2. The Morgan fingerprint density at radius 3 is 2.92 bits per heavy atom. The first-order valence-corrected chi connectivity index (χ1v) is 9.82. The smallest absolute Gasteiger partial charge is 0.223 e. The van der Waals surface area contributed by atoms with Crippen molar-refractivity contribution in [1.29, 1.82) is 0 Å². The van der Waals surface area contributed by atoms with E-state index in [2.05, 4.69) is 14.8 Å². The maximum Gasteiger partial charge on any atom is 0.223 e. The predicted molar refractivity (Wildman–Crippen MR) is 100 cm³/mol. The summed E-state index contributed by atoms with van der Waals surface area (Å²) in [5, 5.41) is 0. The molecule has 4 heterocycles. The zero-order valence-corrected chi connectivity index (χ0v) is 15.3. The van der Waals surface area contributed by atoms with Crippen molar-refractivity contribution in [2.75, 3.05) is 39.4 Å². The molecule has 140 valence electrons. The Kier molecular flexibility index (Phi) is 5.51. The van der Waals surface area contributed by atoms with Gasteiger partial charge < -0.3 is 14.0 Å². The fraction of sp³-hybridized carbons (Fsp3) is 0.600. The average Bonchev–Trinajstić information content (AvgIpc) is 3.10. The van der Waals surface area contributed by atoms with Crippen molar-refractivity contribution < 1.29 is 9.53 Å². The lowest BCUT2D eigenvalue weighted by Crippen LogP contribution is -2.51. The third kappa shape index (κ3) is 4.07. The molecule has 6 heteroatoms. The molecule has 6 nitrogen and oxygen atoms in total. The maximum atomic E-state index is 12.9. The van der Waals surface area contributed by atoms with Gasteiger partial charge in [-0.05, 0) is 37.8 Å². The molecule has 0 bridgehead atoms. The molecule has 0 N–H and O–H groups in total. The zero-order chi connectivity index (χ0) is 17.8.